The fourth-order valence-corrected chi connectivity index (χ4v) is 3.07. The number of carboxylic acids is 1. The largest absolute Gasteiger partial charge is 0.481 e. The summed E-state index contributed by atoms with van der Waals surface area (Å²) < 4.78 is 0. The van der Waals surface area contributed by atoms with Crippen LogP contribution in [0.15, 0.2) is 24.3 Å². The number of hydrogen-bond donors (Lipinski definition) is 2. The predicted molar refractivity (Wildman–Crippen MR) is 76.0 cm³/mol. The van der Waals surface area contributed by atoms with Crippen LogP contribution in [0.4, 0.5) is 0 Å². The average Bonchev–Trinajstić information content (AvgIpc) is 2.88. The third kappa shape index (κ3) is 3.57. The molecule has 0 spiro atoms. The SMILES string of the molecule is CCc1ccccc1CNCC1CCCC1C(=O)O. The summed E-state index contributed by atoms with van der Waals surface area (Å²) in [5, 5.41) is 12.6. The third-order valence-corrected chi connectivity index (χ3v) is 4.20. The second-order valence-corrected chi connectivity index (χ2v) is 5.39. The molecule has 1 fully saturated rings. The van der Waals surface area contributed by atoms with Gasteiger partial charge in [0.1, 0.15) is 0 Å². The predicted octanol–water partition coefficient (Wildman–Crippen LogP) is 2.84. The van der Waals surface area contributed by atoms with Crippen molar-refractivity contribution >= 4 is 5.97 Å². The zero-order valence-electron chi connectivity index (χ0n) is 11.6. The lowest BCUT2D eigenvalue weighted by atomic mass is 9.96. The molecule has 3 nitrogen and oxygen atoms in total. The van der Waals surface area contributed by atoms with Crippen molar-refractivity contribution in [1.29, 1.82) is 0 Å². The van der Waals surface area contributed by atoms with Gasteiger partial charge in [-0.05, 0) is 42.9 Å². The first kappa shape index (κ1) is 14.1. The minimum Gasteiger partial charge on any atom is -0.481 e. The van der Waals surface area contributed by atoms with Gasteiger partial charge >= 0.3 is 5.97 Å². The van der Waals surface area contributed by atoms with Gasteiger partial charge in [0.25, 0.3) is 0 Å². The highest BCUT2D eigenvalue weighted by atomic mass is 16.4. The summed E-state index contributed by atoms with van der Waals surface area (Å²) in [6.07, 6.45) is 3.97. The summed E-state index contributed by atoms with van der Waals surface area (Å²) in [6.45, 7) is 3.82. The van der Waals surface area contributed by atoms with Crippen LogP contribution < -0.4 is 5.32 Å². The number of benzene rings is 1. The Morgan fingerprint density at radius 3 is 2.74 bits per heavy atom. The second-order valence-electron chi connectivity index (χ2n) is 5.39. The molecule has 19 heavy (non-hydrogen) atoms. The number of aliphatic carboxylic acids is 1. The molecular weight excluding hydrogens is 238 g/mol. The first-order valence-corrected chi connectivity index (χ1v) is 7.22. The molecule has 1 aliphatic rings. The van der Waals surface area contributed by atoms with Gasteiger partial charge in [0.15, 0.2) is 0 Å². The van der Waals surface area contributed by atoms with E-state index < -0.39 is 5.97 Å². The maximum Gasteiger partial charge on any atom is 0.306 e. The van der Waals surface area contributed by atoms with E-state index in [1.165, 1.54) is 11.1 Å². The van der Waals surface area contributed by atoms with E-state index in [2.05, 4.69) is 36.5 Å². The van der Waals surface area contributed by atoms with Crippen LogP contribution in [0.1, 0.15) is 37.3 Å². The summed E-state index contributed by atoms with van der Waals surface area (Å²) in [5.41, 5.74) is 2.70. The summed E-state index contributed by atoms with van der Waals surface area (Å²) in [7, 11) is 0. The standard InChI is InChI=1S/C16H23NO2/c1-2-12-6-3-4-7-13(12)10-17-11-14-8-5-9-15(14)16(18)19/h3-4,6-7,14-15,17H,2,5,8-11H2,1H3,(H,18,19). The van der Waals surface area contributed by atoms with E-state index in [-0.39, 0.29) is 5.92 Å². The number of carbonyl (C=O) groups is 1. The molecule has 2 unspecified atom stereocenters. The molecule has 3 heteroatoms. The monoisotopic (exact) mass is 261 g/mol. The fraction of sp³-hybridized carbons (Fsp3) is 0.562. The fourth-order valence-electron chi connectivity index (χ4n) is 3.07. The molecule has 2 rings (SSSR count). The molecule has 0 radical (unpaired) electrons. The first-order chi connectivity index (χ1) is 9.22. The maximum atomic E-state index is 11.1. The lowest BCUT2D eigenvalue weighted by Crippen LogP contribution is -2.29. The Labute approximate surface area is 115 Å². The maximum absolute atomic E-state index is 11.1. The van der Waals surface area contributed by atoms with Gasteiger partial charge in [-0.2, -0.15) is 0 Å². The molecule has 2 N–H and O–H groups in total. The van der Waals surface area contributed by atoms with E-state index in [9.17, 15) is 4.79 Å². The summed E-state index contributed by atoms with van der Waals surface area (Å²) in [6, 6.07) is 8.44. The molecule has 104 valence electrons. The van der Waals surface area contributed by atoms with Crippen molar-refractivity contribution < 1.29 is 9.90 Å². The number of carboxylic acid groups (broad SMARTS) is 1. The van der Waals surface area contributed by atoms with Gasteiger partial charge in [0.2, 0.25) is 0 Å². The van der Waals surface area contributed by atoms with E-state index in [1.54, 1.807) is 0 Å². The van der Waals surface area contributed by atoms with Crippen molar-refractivity contribution in [2.45, 2.75) is 39.2 Å². The van der Waals surface area contributed by atoms with Crippen LogP contribution in [0.2, 0.25) is 0 Å². The van der Waals surface area contributed by atoms with Crippen molar-refractivity contribution in [1.82, 2.24) is 5.32 Å². The van der Waals surface area contributed by atoms with Crippen LogP contribution in [-0.2, 0) is 17.8 Å². The van der Waals surface area contributed by atoms with Crippen LogP contribution in [0.3, 0.4) is 0 Å². The molecule has 2 atom stereocenters. The van der Waals surface area contributed by atoms with E-state index in [1.807, 2.05) is 0 Å². The Bertz CT molecular complexity index is 431. The summed E-state index contributed by atoms with van der Waals surface area (Å²) in [4.78, 5) is 11.1. The van der Waals surface area contributed by atoms with Gasteiger partial charge in [-0.15, -0.1) is 0 Å². The van der Waals surface area contributed by atoms with Crippen LogP contribution in [0.25, 0.3) is 0 Å². The first-order valence-electron chi connectivity index (χ1n) is 7.22. The van der Waals surface area contributed by atoms with Gasteiger partial charge in [0.05, 0.1) is 5.92 Å². The van der Waals surface area contributed by atoms with Gasteiger partial charge in [0, 0.05) is 6.54 Å². The Morgan fingerprint density at radius 1 is 1.32 bits per heavy atom. The molecule has 0 aromatic heterocycles. The minimum atomic E-state index is -0.627. The average molecular weight is 261 g/mol. The number of hydrogen-bond acceptors (Lipinski definition) is 2. The van der Waals surface area contributed by atoms with Gasteiger partial charge in [-0.1, -0.05) is 37.6 Å². The number of nitrogens with one attached hydrogen (secondary N) is 1. The highest BCUT2D eigenvalue weighted by molar-refractivity contribution is 5.70. The van der Waals surface area contributed by atoms with Gasteiger partial charge in [-0.3, -0.25) is 4.79 Å². The topological polar surface area (TPSA) is 49.3 Å². The lowest BCUT2D eigenvalue weighted by molar-refractivity contribution is -0.142. The van der Waals surface area contributed by atoms with E-state index in [0.717, 1.165) is 38.8 Å². The summed E-state index contributed by atoms with van der Waals surface area (Å²) >= 11 is 0. The third-order valence-electron chi connectivity index (χ3n) is 4.20. The molecule has 1 aromatic rings. The Morgan fingerprint density at radius 2 is 2.05 bits per heavy atom. The Kier molecular flexibility index (Phi) is 4.97. The second kappa shape index (κ2) is 6.71. The van der Waals surface area contributed by atoms with Crippen LogP contribution in [0.5, 0.6) is 0 Å². The zero-order valence-corrected chi connectivity index (χ0v) is 11.6. The van der Waals surface area contributed by atoms with Crippen molar-refractivity contribution in [3.63, 3.8) is 0 Å². The number of rotatable bonds is 6. The molecule has 0 aliphatic heterocycles. The molecule has 0 heterocycles. The van der Waals surface area contributed by atoms with Crippen molar-refractivity contribution in [2.75, 3.05) is 6.54 Å². The van der Waals surface area contributed by atoms with E-state index in [4.69, 9.17) is 5.11 Å². The lowest BCUT2D eigenvalue weighted by Gasteiger charge is -2.17. The van der Waals surface area contributed by atoms with E-state index >= 15 is 0 Å². The molecule has 1 saturated carbocycles. The smallest absolute Gasteiger partial charge is 0.306 e. The molecule has 1 aliphatic carbocycles. The summed E-state index contributed by atoms with van der Waals surface area (Å²) in [5.74, 6) is -0.474. The molecule has 0 amide bonds. The normalized spacial score (nSPS) is 22.6. The van der Waals surface area contributed by atoms with Crippen LogP contribution in [-0.4, -0.2) is 17.6 Å². The quantitative estimate of drug-likeness (QED) is 0.828. The van der Waals surface area contributed by atoms with E-state index in [0.29, 0.717) is 5.92 Å². The van der Waals surface area contributed by atoms with Crippen molar-refractivity contribution in [2.24, 2.45) is 11.8 Å². The van der Waals surface area contributed by atoms with Crippen molar-refractivity contribution in [3.05, 3.63) is 35.4 Å². The minimum absolute atomic E-state index is 0.145. The molecule has 0 saturated heterocycles. The molecule has 1 aromatic carbocycles. The van der Waals surface area contributed by atoms with Crippen LogP contribution >= 0.6 is 0 Å². The molecular formula is C16H23NO2. The van der Waals surface area contributed by atoms with Crippen molar-refractivity contribution in [3.8, 4) is 0 Å². The van der Waals surface area contributed by atoms with Crippen LogP contribution in [0, 0.1) is 11.8 Å². The Hall–Kier alpha value is -1.35. The zero-order chi connectivity index (χ0) is 13.7. The highest BCUT2D eigenvalue weighted by Crippen LogP contribution is 2.31. The van der Waals surface area contributed by atoms with Gasteiger partial charge in [-0.25, -0.2) is 0 Å². The number of aryl methyl sites for hydroxylation is 1. The molecule has 0 bridgehead atoms. The Balaban J connectivity index is 1.85. The highest BCUT2D eigenvalue weighted by Gasteiger charge is 2.32. The van der Waals surface area contributed by atoms with Gasteiger partial charge < -0.3 is 10.4 Å².